The van der Waals surface area contributed by atoms with Gasteiger partial charge in [-0.1, -0.05) is 97.1 Å². The first-order valence-electron chi connectivity index (χ1n) is 15.2. The van der Waals surface area contributed by atoms with Gasteiger partial charge < -0.3 is 13.3 Å². The fourth-order valence-corrected chi connectivity index (χ4v) is 6.90. The Balaban J connectivity index is 1.32. The number of rotatable bonds is 3. The van der Waals surface area contributed by atoms with E-state index in [1.54, 1.807) is 0 Å². The van der Waals surface area contributed by atoms with Gasteiger partial charge in [0.1, 0.15) is 33.5 Å². The normalized spacial score (nSPS) is 12.0. The van der Waals surface area contributed by atoms with E-state index in [4.69, 9.17) is 13.3 Å². The van der Waals surface area contributed by atoms with Gasteiger partial charge >= 0.3 is 0 Å². The maximum Gasteiger partial charge on any atom is 0.147 e. The standard InChI is InChI=1S/C42H24O3/c1-3-9-25(10-4-1)27-15-18-38-33(21-27)34-24-31(29-17-20-37-32(23-29)30-13-7-8-14-36(30)43-37)41-40(42(34)44-38)35-22-28(16-19-39(35)45-41)26-11-5-2-6-12-26/h1-24H. The van der Waals surface area contributed by atoms with Crippen LogP contribution in [0, 0.1) is 0 Å². The zero-order valence-corrected chi connectivity index (χ0v) is 24.1. The van der Waals surface area contributed by atoms with Gasteiger partial charge in [0.2, 0.25) is 0 Å². The maximum absolute atomic E-state index is 6.72. The first-order chi connectivity index (χ1) is 22.3. The second kappa shape index (κ2) is 9.22. The Kier molecular flexibility index (Phi) is 5.00. The summed E-state index contributed by atoms with van der Waals surface area (Å²) in [7, 11) is 0. The van der Waals surface area contributed by atoms with Gasteiger partial charge in [0.05, 0.1) is 5.39 Å². The number of fused-ring (bicyclic) bond motifs is 10. The molecule has 7 aromatic carbocycles. The van der Waals surface area contributed by atoms with E-state index in [2.05, 4.69) is 121 Å². The van der Waals surface area contributed by atoms with Crippen LogP contribution in [0.4, 0.5) is 0 Å². The number of para-hydroxylation sites is 1. The number of hydrogen-bond donors (Lipinski definition) is 0. The van der Waals surface area contributed by atoms with Crippen molar-refractivity contribution in [2.45, 2.75) is 0 Å². The van der Waals surface area contributed by atoms with Crippen LogP contribution >= 0.6 is 0 Å². The summed E-state index contributed by atoms with van der Waals surface area (Å²) in [5, 5.41) is 6.36. The van der Waals surface area contributed by atoms with Crippen molar-refractivity contribution >= 4 is 65.8 Å². The van der Waals surface area contributed by atoms with Crippen molar-refractivity contribution in [3.05, 3.63) is 146 Å². The molecule has 3 heteroatoms. The summed E-state index contributed by atoms with van der Waals surface area (Å²) in [6, 6.07) is 50.7. The summed E-state index contributed by atoms with van der Waals surface area (Å²) in [4.78, 5) is 0. The van der Waals surface area contributed by atoms with Gasteiger partial charge in [0, 0.05) is 32.5 Å². The van der Waals surface area contributed by atoms with E-state index in [0.717, 1.165) is 93.6 Å². The summed E-state index contributed by atoms with van der Waals surface area (Å²) in [6.07, 6.45) is 0. The molecule has 3 heterocycles. The first-order valence-corrected chi connectivity index (χ1v) is 15.2. The lowest BCUT2D eigenvalue weighted by molar-refractivity contribution is 0.663. The zero-order valence-electron chi connectivity index (χ0n) is 24.1. The molecule has 0 spiro atoms. The molecule has 10 aromatic rings. The minimum Gasteiger partial charge on any atom is -0.456 e. The average molecular weight is 577 g/mol. The molecule has 45 heavy (non-hydrogen) atoms. The van der Waals surface area contributed by atoms with Crippen molar-refractivity contribution in [2.24, 2.45) is 0 Å². The van der Waals surface area contributed by atoms with Crippen LogP contribution in [-0.4, -0.2) is 0 Å². The summed E-state index contributed by atoms with van der Waals surface area (Å²) >= 11 is 0. The Hall–Kier alpha value is -6.06. The third kappa shape index (κ3) is 3.65. The van der Waals surface area contributed by atoms with Crippen molar-refractivity contribution in [1.82, 2.24) is 0 Å². The van der Waals surface area contributed by atoms with Crippen molar-refractivity contribution in [3.8, 4) is 33.4 Å². The molecule has 0 aliphatic carbocycles. The molecule has 0 amide bonds. The van der Waals surface area contributed by atoms with Gasteiger partial charge in [0.25, 0.3) is 0 Å². The van der Waals surface area contributed by atoms with Crippen LogP contribution in [0.1, 0.15) is 0 Å². The predicted molar refractivity (Wildman–Crippen MR) is 185 cm³/mol. The molecule has 0 bridgehead atoms. The minimum atomic E-state index is 0.817. The van der Waals surface area contributed by atoms with Crippen LogP contribution in [0.5, 0.6) is 0 Å². The van der Waals surface area contributed by atoms with Crippen molar-refractivity contribution < 1.29 is 13.3 Å². The highest BCUT2D eigenvalue weighted by Crippen LogP contribution is 2.46. The highest BCUT2D eigenvalue weighted by molar-refractivity contribution is 6.26. The molecule has 3 nitrogen and oxygen atoms in total. The Bertz CT molecular complexity index is 2740. The van der Waals surface area contributed by atoms with E-state index in [-0.39, 0.29) is 0 Å². The number of hydrogen-bond acceptors (Lipinski definition) is 3. The fraction of sp³-hybridized carbons (Fsp3) is 0. The van der Waals surface area contributed by atoms with Gasteiger partial charge in [0.15, 0.2) is 0 Å². The zero-order chi connectivity index (χ0) is 29.5. The Morgan fingerprint density at radius 2 is 0.800 bits per heavy atom. The number of furan rings is 3. The van der Waals surface area contributed by atoms with E-state index in [1.165, 1.54) is 5.56 Å². The monoisotopic (exact) mass is 576 g/mol. The largest absolute Gasteiger partial charge is 0.456 e. The molecular weight excluding hydrogens is 552 g/mol. The van der Waals surface area contributed by atoms with Crippen LogP contribution < -0.4 is 0 Å². The topological polar surface area (TPSA) is 39.4 Å². The van der Waals surface area contributed by atoms with Crippen molar-refractivity contribution in [1.29, 1.82) is 0 Å². The second-order valence-electron chi connectivity index (χ2n) is 11.7. The maximum atomic E-state index is 6.72. The Labute approximate surface area is 257 Å². The molecule has 0 aliphatic heterocycles. The second-order valence-corrected chi connectivity index (χ2v) is 11.7. The third-order valence-corrected chi connectivity index (χ3v) is 9.08. The smallest absolute Gasteiger partial charge is 0.147 e. The molecule has 0 N–H and O–H groups in total. The predicted octanol–water partition coefficient (Wildman–Crippen LogP) is 12.4. The Morgan fingerprint density at radius 1 is 0.289 bits per heavy atom. The molecule has 0 fully saturated rings. The quantitative estimate of drug-likeness (QED) is 0.210. The van der Waals surface area contributed by atoms with E-state index in [0.29, 0.717) is 0 Å². The minimum absolute atomic E-state index is 0.817. The molecule has 3 aromatic heterocycles. The summed E-state index contributed by atoms with van der Waals surface area (Å²) in [6.45, 7) is 0. The summed E-state index contributed by atoms with van der Waals surface area (Å²) in [5.41, 5.74) is 11.8. The van der Waals surface area contributed by atoms with Crippen molar-refractivity contribution in [2.75, 3.05) is 0 Å². The molecular formula is C42H24O3. The van der Waals surface area contributed by atoms with E-state index in [9.17, 15) is 0 Å². The van der Waals surface area contributed by atoms with Crippen LogP contribution in [0.2, 0.25) is 0 Å². The van der Waals surface area contributed by atoms with E-state index in [1.807, 2.05) is 24.3 Å². The third-order valence-electron chi connectivity index (χ3n) is 9.08. The lowest BCUT2D eigenvalue weighted by Gasteiger charge is -2.05. The molecule has 210 valence electrons. The molecule has 0 unspecified atom stereocenters. The Morgan fingerprint density at radius 3 is 1.53 bits per heavy atom. The van der Waals surface area contributed by atoms with Crippen LogP contribution in [0.3, 0.4) is 0 Å². The summed E-state index contributed by atoms with van der Waals surface area (Å²) in [5.74, 6) is 0. The molecule has 0 aliphatic rings. The fourth-order valence-electron chi connectivity index (χ4n) is 6.90. The van der Waals surface area contributed by atoms with Gasteiger partial charge in [-0.2, -0.15) is 0 Å². The molecule has 10 rings (SSSR count). The van der Waals surface area contributed by atoms with Crippen molar-refractivity contribution in [3.63, 3.8) is 0 Å². The first kappa shape index (κ1) is 24.4. The number of benzene rings is 7. The molecule has 0 atom stereocenters. The van der Waals surface area contributed by atoms with Crippen LogP contribution in [-0.2, 0) is 0 Å². The molecule has 0 saturated heterocycles. The van der Waals surface area contributed by atoms with E-state index >= 15 is 0 Å². The molecule has 0 saturated carbocycles. The lowest BCUT2D eigenvalue weighted by atomic mass is 9.96. The highest BCUT2D eigenvalue weighted by atomic mass is 16.3. The summed E-state index contributed by atoms with van der Waals surface area (Å²) < 4.78 is 19.6. The van der Waals surface area contributed by atoms with Gasteiger partial charge in [-0.15, -0.1) is 0 Å². The molecule has 0 radical (unpaired) electrons. The highest BCUT2D eigenvalue weighted by Gasteiger charge is 2.22. The van der Waals surface area contributed by atoms with Crippen LogP contribution in [0.15, 0.2) is 159 Å². The van der Waals surface area contributed by atoms with Gasteiger partial charge in [-0.3, -0.25) is 0 Å². The SMILES string of the molecule is c1ccc(-c2ccc3oc4c(cc(-c5ccc6oc7ccccc7c6c5)c5oc6ccc(-c7ccccc7)cc6c54)c3c2)cc1. The van der Waals surface area contributed by atoms with E-state index < -0.39 is 0 Å². The van der Waals surface area contributed by atoms with Gasteiger partial charge in [-0.05, 0) is 76.3 Å². The van der Waals surface area contributed by atoms with Gasteiger partial charge in [-0.25, -0.2) is 0 Å². The van der Waals surface area contributed by atoms with Crippen LogP contribution in [0.25, 0.3) is 99.2 Å². The average Bonchev–Trinajstić information content (AvgIpc) is 3.79. The lowest BCUT2D eigenvalue weighted by Crippen LogP contribution is -1.82.